The van der Waals surface area contributed by atoms with E-state index in [9.17, 15) is 9.59 Å². The zero-order chi connectivity index (χ0) is 20.8. The van der Waals surface area contributed by atoms with Gasteiger partial charge in [0.1, 0.15) is 5.69 Å². The summed E-state index contributed by atoms with van der Waals surface area (Å²) in [7, 11) is 0. The molecule has 2 fully saturated rings. The van der Waals surface area contributed by atoms with Crippen molar-refractivity contribution >= 4 is 22.5 Å². The zero-order valence-electron chi connectivity index (χ0n) is 17.3. The molecule has 1 aliphatic carbocycles. The number of nitrogens with zero attached hydrogens (tertiary/aromatic N) is 5. The number of fused-ring (bicyclic) bond motifs is 1. The average molecular weight is 406 g/mol. The van der Waals surface area contributed by atoms with Gasteiger partial charge in [-0.15, -0.1) is 0 Å². The standard InChI is InChI=1S/C22H26N6O2/c1-14(2)28-13-23-19-11-16(5-6-17(19)21(28)29)26-7-9-27(10-8-26)22(30)20-12-18(24-25-20)15-3-4-15/h5-6,11-15H,3-4,7-10H2,1-2H3,(H,24,25). The summed E-state index contributed by atoms with van der Waals surface area (Å²) in [6.07, 6.45) is 3.98. The molecule has 2 aliphatic rings. The summed E-state index contributed by atoms with van der Waals surface area (Å²) in [5.41, 5.74) is 3.32. The minimum Gasteiger partial charge on any atom is -0.368 e. The summed E-state index contributed by atoms with van der Waals surface area (Å²) in [5.74, 6) is 0.550. The molecule has 2 aromatic heterocycles. The van der Waals surface area contributed by atoms with Crippen molar-refractivity contribution < 1.29 is 4.79 Å². The number of carbonyl (C=O) groups excluding carboxylic acids is 1. The fourth-order valence-electron chi connectivity index (χ4n) is 4.07. The Bertz CT molecular complexity index is 1150. The smallest absolute Gasteiger partial charge is 0.274 e. The molecular formula is C22H26N6O2. The zero-order valence-corrected chi connectivity index (χ0v) is 17.3. The van der Waals surface area contributed by atoms with Crippen LogP contribution in [0.5, 0.6) is 0 Å². The van der Waals surface area contributed by atoms with Crippen molar-refractivity contribution in [2.24, 2.45) is 0 Å². The first-order valence-corrected chi connectivity index (χ1v) is 10.6. The van der Waals surface area contributed by atoms with Crippen LogP contribution in [-0.2, 0) is 0 Å². The molecule has 30 heavy (non-hydrogen) atoms. The molecular weight excluding hydrogens is 380 g/mol. The molecule has 5 rings (SSSR count). The topological polar surface area (TPSA) is 87.1 Å². The maximum absolute atomic E-state index is 12.8. The monoisotopic (exact) mass is 406 g/mol. The molecule has 0 atom stereocenters. The predicted octanol–water partition coefficient (Wildman–Crippen LogP) is 2.54. The van der Waals surface area contributed by atoms with E-state index in [0.29, 0.717) is 35.6 Å². The number of aromatic amines is 1. The first kappa shape index (κ1) is 18.8. The largest absolute Gasteiger partial charge is 0.368 e. The van der Waals surface area contributed by atoms with Crippen LogP contribution in [0.1, 0.15) is 54.8 Å². The van der Waals surface area contributed by atoms with Gasteiger partial charge in [0, 0.05) is 49.5 Å². The van der Waals surface area contributed by atoms with Crippen LogP contribution >= 0.6 is 0 Å². The third kappa shape index (κ3) is 3.36. The summed E-state index contributed by atoms with van der Waals surface area (Å²) >= 11 is 0. The van der Waals surface area contributed by atoms with Gasteiger partial charge >= 0.3 is 0 Å². The van der Waals surface area contributed by atoms with Gasteiger partial charge in [0.15, 0.2) is 0 Å². The number of rotatable bonds is 4. The summed E-state index contributed by atoms with van der Waals surface area (Å²) in [4.78, 5) is 34.0. The van der Waals surface area contributed by atoms with Gasteiger partial charge in [0.05, 0.1) is 17.2 Å². The fourth-order valence-corrected chi connectivity index (χ4v) is 4.07. The van der Waals surface area contributed by atoms with Crippen molar-refractivity contribution in [2.75, 3.05) is 31.1 Å². The Hall–Kier alpha value is -3.16. The van der Waals surface area contributed by atoms with Gasteiger partial charge in [-0.25, -0.2) is 4.98 Å². The Balaban J connectivity index is 1.28. The number of benzene rings is 1. The highest BCUT2D eigenvalue weighted by molar-refractivity contribution is 5.92. The van der Waals surface area contributed by atoms with E-state index in [2.05, 4.69) is 20.1 Å². The molecule has 0 bridgehead atoms. The molecule has 8 heteroatoms. The second-order valence-electron chi connectivity index (χ2n) is 8.51. The molecule has 3 aromatic rings. The van der Waals surface area contributed by atoms with Crippen LogP contribution in [0.25, 0.3) is 10.9 Å². The number of carbonyl (C=O) groups is 1. The lowest BCUT2D eigenvalue weighted by molar-refractivity contribution is 0.0741. The highest BCUT2D eigenvalue weighted by atomic mass is 16.2. The van der Waals surface area contributed by atoms with Gasteiger partial charge < -0.3 is 9.80 Å². The highest BCUT2D eigenvalue weighted by Crippen LogP contribution is 2.39. The minimum absolute atomic E-state index is 0.00721. The van der Waals surface area contributed by atoms with Crippen LogP contribution in [0.15, 0.2) is 35.4 Å². The Kier molecular flexibility index (Phi) is 4.56. The van der Waals surface area contributed by atoms with E-state index in [-0.39, 0.29) is 17.5 Å². The van der Waals surface area contributed by atoms with Gasteiger partial charge in [-0.2, -0.15) is 5.10 Å². The van der Waals surface area contributed by atoms with Gasteiger partial charge in [-0.05, 0) is 51.0 Å². The second kappa shape index (κ2) is 7.27. The fraction of sp³-hybridized carbons (Fsp3) is 0.455. The average Bonchev–Trinajstić information content (AvgIpc) is 3.49. The summed E-state index contributed by atoms with van der Waals surface area (Å²) in [5, 5.41) is 7.87. The van der Waals surface area contributed by atoms with E-state index in [1.807, 2.05) is 43.0 Å². The van der Waals surface area contributed by atoms with Crippen molar-refractivity contribution in [1.82, 2.24) is 24.6 Å². The van der Waals surface area contributed by atoms with Crippen LogP contribution in [0.3, 0.4) is 0 Å². The van der Waals surface area contributed by atoms with Crippen LogP contribution in [0.2, 0.25) is 0 Å². The van der Waals surface area contributed by atoms with E-state index in [1.165, 1.54) is 12.8 Å². The van der Waals surface area contributed by atoms with Crippen molar-refractivity contribution in [3.63, 3.8) is 0 Å². The Morgan fingerprint density at radius 2 is 1.90 bits per heavy atom. The van der Waals surface area contributed by atoms with Crippen LogP contribution in [-0.4, -0.2) is 56.7 Å². The number of H-pyrrole nitrogens is 1. The van der Waals surface area contributed by atoms with Crippen molar-refractivity contribution in [3.8, 4) is 0 Å². The Morgan fingerprint density at radius 3 is 2.60 bits per heavy atom. The van der Waals surface area contributed by atoms with Crippen molar-refractivity contribution in [2.45, 2.75) is 38.6 Å². The van der Waals surface area contributed by atoms with E-state index in [1.54, 1.807) is 10.9 Å². The van der Waals surface area contributed by atoms with E-state index < -0.39 is 0 Å². The van der Waals surface area contributed by atoms with Crippen molar-refractivity contribution in [1.29, 1.82) is 0 Å². The quantitative estimate of drug-likeness (QED) is 0.720. The van der Waals surface area contributed by atoms with E-state index in [4.69, 9.17) is 0 Å². The number of amides is 1. The molecule has 0 spiro atoms. The molecule has 1 N–H and O–H groups in total. The van der Waals surface area contributed by atoms with Gasteiger partial charge in [0.2, 0.25) is 0 Å². The van der Waals surface area contributed by atoms with Crippen LogP contribution < -0.4 is 10.5 Å². The Labute approximate surface area is 174 Å². The summed E-state index contributed by atoms with van der Waals surface area (Å²) in [6.45, 7) is 6.70. The molecule has 156 valence electrons. The van der Waals surface area contributed by atoms with E-state index in [0.717, 1.165) is 24.5 Å². The number of hydrogen-bond donors (Lipinski definition) is 1. The molecule has 0 unspecified atom stereocenters. The third-order valence-corrected chi connectivity index (χ3v) is 6.09. The summed E-state index contributed by atoms with van der Waals surface area (Å²) < 4.78 is 1.65. The van der Waals surface area contributed by atoms with Gasteiger partial charge in [-0.3, -0.25) is 19.3 Å². The highest BCUT2D eigenvalue weighted by Gasteiger charge is 2.29. The van der Waals surface area contributed by atoms with Crippen LogP contribution in [0, 0.1) is 0 Å². The maximum atomic E-state index is 12.8. The first-order valence-electron chi connectivity index (χ1n) is 10.6. The molecule has 1 aromatic carbocycles. The number of nitrogens with one attached hydrogen (secondary N) is 1. The molecule has 8 nitrogen and oxygen atoms in total. The second-order valence-corrected chi connectivity index (χ2v) is 8.51. The van der Waals surface area contributed by atoms with Gasteiger partial charge in [0.25, 0.3) is 11.5 Å². The molecule has 3 heterocycles. The molecule has 1 saturated carbocycles. The SMILES string of the molecule is CC(C)n1cnc2cc(N3CCN(C(=O)c4cc(C5CC5)[nH]n4)CC3)ccc2c1=O. The normalized spacial score (nSPS) is 17.2. The molecule has 1 saturated heterocycles. The van der Waals surface area contributed by atoms with Crippen LogP contribution in [0.4, 0.5) is 5.69 Å². The maximum Gasteiger partial charge on any atom is 0.274 e. The lowest BCUT2D eigenvalue weighted by atomic mass is 10.1. The molecule has 0 radical (unpaired) electrons. The lowest BCUT2D eigenvalue weighted by Gasteiger charge is -2.35. The van der Waals surface area contributed by atoms with Gasteiger partial charge in [-0.1, -0.05) is 0 Å². The number of anilines is 1. The summed E-state index contributed by atoms with van der Waals surface area (Å²) in [6, 6.07) is 7.79. The van der Waals surface area contributed by atoms with E-state index >= 15 is 0 Å². The molecule has 1 amide bonds. The Morgan fingerprint density at radius 1 is 1.13 bits per heavy atom. The number of hydrogen-bond acceptors (Lipinski definition) is 5. The number of piperazine rings is 1. The third-order valence-electron chi connectivity index (χ3n) is 6.09. The van der Waals surface area contributed by atoms with Crippen molar-refractivity contribution in [3.05, 3.63) is 52.3 Å². The minimum atomic E-state index is -0.0125. The predicted molar refractivity (Wildman–Crippen MR) is 115 cm³/mol. The lowest BCUT2D eigenvalue weighted by Crippen LogP contribution is -2.48. The molecule has 1 aliphatic heterocycles. The first-order chi connectivity index (χ1) is 14.5. The number of aromatic nitrogens is 4.